The molecule has 1 aliphatic carbocycles. The van der Waals surface area contributed by atoms with Crippen LogP contribution in [0.15, 0.2) is 90.1 Å². The zero-order valence-electron chi connectivity index (χ0n) is 19.7. The first kappa shape index (κ1) is 22.0. The molecular formula is C29H28N2O3. The number of nitrogens with zero attached hydrogens (tertiary/aromatic N) is 1. The molecule has 0 bridgehead atoms. The summed E-state index contributed by atoms with van der Waals surface area (Å²) in [7, 11) is 1.62. The lowest BCUT2D eigenvalue weighted by molar-refractivity contribution is -0.118. The minimum absolute atomic E-state index is 0.0494. The number of allylic oxidation sites excluding steroid dienone is 1. The average molecular weight is 453 g/mol. The molecule has 2 aliphatic rings. The number of ketones is 1. The monoisotopic (exact) mass is 452 g/mol. The molecule has 1 amide bonds. The van der Waals surface area contributed by atoms with Crippen LogP contribution in [0.1, 0.15) is 48.7 Å². The molecule has 5 rings (SSSR count). The minimum Gasteiger partial charge on any atom is -0.496 e. The molecule has 0 saturated heterocycles. The SMILES string of the molecule is COc1ccccc1[C@H]1C2=C(CC(C)(C)CC2=O)Nc2ccccc2N1C(=O)c1ccccc1. The van der Waals surface area contributed by atoms with Crippen LogP contribution in [0.25, 0.3) is 0 Å². The molecule has 3 aromatic rings. The van der Waals surface area contributed by atoms with E-state index < -0.39 is 6.04 Å². The van der Waals surface area contributed by atoms with Gasteiger partial charge in [-0.25, -0.2) is 0 Å². The van der Waals surface area contributed by atoms with Crippen molar-refractivity contribution < 1.29 is 14.3 Å². The van der Waals surface area contributed by atoms with Crippen molar-refractivity contribution in [3.05, 3.63) is 101 Å². The first-order valence-corrected chi connectivity index (χ1v) is 11.5. The van der Waals surface area contributed by atoms with Crippen molar-refractivity contribution in [2.75, 3.05) is 17.3 Å². The van der Waals surface area contributed by atoms with Crippen LogP contribution >= 0.6 is 0 Å². The Kier molecular flexibility index (Phi) is 5.48. The fourth-order valence-corrected chi connectivity index (χ4v) is 5.12. The van der Waals surface area contributed by atoms with Crippen LogP contribution in [0.5, 0.6) is 5.75 Å². The van der Waals surface area contributed by atoms with Crippen LogP contribution in [0.4, 0.5) is 11.4 Å². The Morgan fingerprint density at radius 3 is 2.38 bits per heavy atom. The molecule has 1 heterocycles. The molecule has 5 nitrogen and oxygen atoms in total. The van der Waals surface area contributed by atoms with Gasteiger partial charge >= 0.3 is 0 Å². The van der Waals surface area contributed by atoms with Gasteiger partial charge in [0.05, 0.1) is 24.5 Å². The predicted molar refractivity (Wildman–Crippen MR) is 134 cm³/mol. The lowest BCUT2D eigenvalue weighted by atomic mass is 9.73. The largest absolute Gasteiger partial charge is 0.496 e. The highest BCUT2D eigenvalue weighted by molar-refractivity contribution is 6.12. The van der Waals surface area contributed by atoms with Gasteiger partial charge in [-0.05, 0) is 42.2 Å². The van der Waals surface area contributed by atoms with Gasteiger partial charge in [-0.15, -0.1) is 0 Å². The molecule has 0 unspecified atom stereocenters. The summed E-state index contributed by atoms with van der Waals surface area (Å²) < 4.78 is 5.72. The first-order chi connectivity index (χ1) is 16.4. The smallest absolute Gasteiger partial charge is 0.259 e. The summed E-state index contributed by atoms with van der Waals surface area (Å²) in [6.45, 7) is 4.22. The number of para-hydroxylation sites is 3. The predicted octanol–water partition coefficient (Wildman–Crippen LogP) is 6.15. The molecule has 0 saturated carbocycles. The van der Waals surface area contributed by atoms with E-state index in [1.165, 1.54) is 0 Å². The van der Waals surface area contributed by atoms with Crippen molar-refractivity contribution in [1.82, 2.24) is 0 Å². The summed E-state index contributed by atoms with van der Waals surface area (Å²) >= 11 is 0. The van der Waals surface area contributed by atoms with Crippen LogP contribution in [0.3, 0.4) is 0 Å². The van der Waals surface area contributed by atoms with E-state index in [1.807, 2.05) is 78.9 Å². The minimum atomic E-state index is -0.626. The summed E-state index contributed by atoms with van der Waals surface area (Å²) in [4.78, 5) is 29.6. The van der Waals surface area contributed by atoms with Gasteiger partial charge in [0.1, 0.15) is 5.75 Å². The van der Waals surface area contributed by atoms with Crippen molar-refractivity contribution in [2.24, 2.45) is 5.41 Å². The Bertz CT molecular complexity index is 1290. The van der Waals surface area contributed by atoms with Gasteiger partial charge in [-0.2, -0.15) is 0 Å². The molecule has 1 aliphatic heterocycles. The van der Waals surface area contributed by atoms with E-state index in [2.05, 4.69) is 19.2 Å². The second-order valence-corrected chi connectivity index (χ2v) is 9.66. The van der Waals surface area contributed by atoms with E-state index in [9.17, 15) is 9.59 Å². The second kappa shape index (κ2) is 8.49. The van der Waals surface area contributed by atoms with Crippen LogP contribution < -0.4 is 15.0 Å². The first-order valence-electron chi connectivity index (χ1n) is 11.5. The lowest BCUT2D eigenvalue weighted by Crippen LogP contribution is -2.39. The van der Waals surface area contributed by atoms with Gasteiger partial charge in [-0.3, -0.25) is 14.5 Å². The van der Waals surface area contributed by atoms with Crippen molar-refractivity contribution in [3.63, 3.8) is 0 Å². The Morgan fingerprint density at radius 1 is 0.941 bits per heavy atom. The van der Waals surface area contributed by atoms with Gasteiger partial charge in [-0.1, -0.05) is 62.4 Å². The van der Waals surface area contributed by atoms with Gasteiger partial charge in [0.15, 0.2) is 5.78 Å². The molecular weight excluding hydrogens is 424 g/mol. The number of benzene rings is 3. The number of hydrogen-bond acceptors (Lipinski definition) is 4. The highest BCUT2D eigenvalue weighted by atomic mass is 16.5. The van der Waals surface area contributed by atoms with Crippen molar-refractivity contribution in [3.8, 4) is 5.75 Å². The Balaban J connectivity index is 1.82. The topological polar surface area (TPSA) is 58.6 Å². The number of Topliss-reactive ketones (excluding diaryl/α,β-unsaturated/α-hetero) is 1. The number of fused-ring (bicyclic) bond motifs is 1. The second-order valence-electron chi connectivity index (χ2n) is 9.66. The number of amides is 1. The van der Waals surface area contributed by atoms with E-state index >= 15 is 0 Å². The van der Waals surface area contributed by atoms with E-state index in [4.69, 9.17) is 4.74 Å². The number of rotatable bonds is 3. The quantitative estimate of drug-likeness (QED) is 0.518. The molecule has 0 fully saturated rings. The van der Waals surface area contributed by atoms with Crippen molar-refractivity contribution in [1.29, 1.82) is 0 Å². The summed E-state index contributed by atoms with van der Waals surface area (Å²) in [5.74, 6) is 0.521. The molecule has 0 aromatic heterocycles. The standard InChI is InChI=1S/C29H28N2O3/c1-29(2)17-22-26(24(32)18-29)27(20-13-7-10-16-25(20)34-3)31(23-15-9-8-14-21(23)30-22)28(33)19-11-5-4-6-12-19/h4-16,27,30H,17-18H2,1-3H3/t27-/m0/s1. The highest BCUT2D eigenvalue weighted by Crippen LogP contribution is 2.50. The zero-order chi connectivity index (χ0) is 23.9. The van der Waals surface area contributed by atoms with Crippen LogP contribution in [0.2, 0.25) is 0 Å². The Labute approximate surface area is 200 Å². The number of ether oxygens (including phenoxy) is 1. The van der Waals surface area contributed by atoms with E-state index in [0.29, 0.717) is 29.7 Å². The fourth-order valence-electron chi connectivity index (χ4n) is 5.12. The average Bonchev–Trinajstić information content (AvgIpc) is 2.97. The van der Waals surface area contributed by atoms with Crippen LogP contribution in [0, 0.1) is 5.41 Å². The van der Waals surface area contributed by atoms with E-state index in [-0.39, 0.29) is 17.1 Å². The molecule has 1 N–H and O–H groups in total. The zero-order valence-corrected chi connectivity index (χ0v) is 19.7. The van der Waals surface area contributed by atoms with Crippen molar-refractivity contribution >= 4 is 23.1 Å². The third kappa shape index (κ3) is 3.77. The van der Waals surface area contributed by atoms with Crippen LogP contribution in [-0.4, -0.2) is 18.8 Å². The maximum Gasteiger partial charge on any atom is 0.259 e. The molecule has 5 heteroatoms. The molecule has 3 aromatic carbocycles. The van der Waals surface area contributed by atoms with Gasteiger partial charge in [0.2, 0.25) is 0 Å². The summed E-state index contributed by atoms with van der Waals surface area (Å²) in [5.41, 5.74) is 4.20. The Hall–Kier alpha value is -3.86. The van der Waals surface area contributed by atoms with Gasteiger partial charge in [0, 0.05) is 28.8 Å². The molecule has 172 valence electrons. The number of hydrogen-bond donors (Lipinski definition) is 1. The maximum absolute atomic E-state index is 14.1. The number of nitrogens with one attached hydrogen (secondary N) is 1. The number of anilines is 2. The lowest BCUT2D eigenvalue weighted by Gasteiger charge is -2.37. The van der Waals surface area contributed by atoms with E-state index in [0.717, 1.165) is 22.6 Å². The number of methoxy groups -OCH3 is 1. The summed E-state index contributed by atoms with van der Waals surface area (Å²) in [6.07, 6.45) is 1.13. The fraction of sp³-hybridized carbons (Fsp3) is 0.241. The normalized spacial score (nSPS) is 19.0. The molecule has 34 heavy (non-hydrogen) atoms. The maximum atomic E-state index is 14.1. The van der Waals surface area contributed by atoms with Gasteiger partial charge < -0.3 is 10.1 Å². The molecule has 0 spiro atoms. The summed E-state index contributed by atoms with van der Waals surface area (Å²) in [6, 6.07) is 24.0. The third-order valence-corrected chi connectivity index (χ3v) is 6.57. The van der Waals surface area contributed by atoms with Gasteiger partial charge in [0.25, 0.3) is 5.91 Å². The Morgan fingerprint density at radius 2 is 1.62 bits per heavy atom. The van der Waals surface area contributed by atoms with E-state index in [1.54, 1.807) is 12.0 Å². The number of carbonyl (C=O) groups is 2. The molecule has 0 radical (unpaired) electrons. The third-order valence-electron chi connectivity index (χ3n) is 6.57. The highest BCUT2D eigenvalue weighted by Gasteiger charge is 2.44. The number of carbonyl (C=O) groups excluding carboxylic acids is 2. The van der Waals surface area contributed by atoms with Crippen LogP contribution in [-0.2, 0) is 4.79 Å². The summed E-state index contributed by atoms with van der Waals surface area (Å²) in [5, 5.41) is 3.55. The van der Waals surface area contributed by atoms with Crippen molar-refractivity contribution in [2.45, 2.75) is 32.7 Å². The molecule has 1 atom stereocenters.